The van der Waals surface area contributed by atoms with Crippen molar-refractivity contribution in [1.29, 1.82) is 0 Å². The molecule has 0 spiro atoms. The number of nitrogens with zero attached hydrogens (tertiary/aromatic N) is 2. The van der Waals surface area contributed by atoms with E-state index in [1.807, 2.05) is 4.90 Å². The summed E-state index contributed by atoms with van der Waals surface area (Å²) in [6.45, 7) is 3.51. The van der Waals surface area contributed by atoms with Gasteiger partial charge >= 0.3 is 5.97 Å². The van der Waals surface area contributed by atoms with Gasteiger partial charge in [0, 0.05) is 33.1 Å². The average Bonchev–Trinajstić information content (AvgIpc) is 2.64. The molecule has 0 saturated carbocycles. The van der Waals surface area contributed by atoms with Gasteiger partial charge in [-0.15, -0.1) is 0 Å². The summed E-state index contributed by atoms with van der Waals surface area (Å²) in [6, 6.07) is 0. The third-order valence-corrected chi connectivity index (χ3v) is 5.39. The molecule has 2 N–H and O–H groups in total. The zero-order valence-electron chi connectivity index (χ0n) is 15.2. The maximum absolute atomic E-state index is 12.5. The third kappa shape index (κ3) is 6.30. The number of hydrogen-bond donors (Lipinski definition) is 2. The standard InChI is InChI=1S/C18H31N3O4/c1-20(12-8-17(23)24)18(25)15-3-2-11-21(13-15)16(22)5-4-14-6-9-19-10-7-14/h14-15,19H,2-13H2,1H3,(H,23,24)/t15-/m1/s1. The number of carbonyl (C=O) groups excluding carboxylic acids is 2. The lowest BCUT2D eigenvalue weighted by atomic mass is 9.92. The average molecular weight is 353 g/mol. The van der Waals surface area contributed by atoms with Crippen LogP contribution >= 0.6 is 0 Å². The molecule has 0 aromatic rings. The number of amides is 2. The summed E-state index contributed by atoms with van der Waals surface area (Å²) in [4.78, 5) is 38.9. The third-order valence-electron chi connectivity index (χ3n) is 5.39. The largest absolute Gasteiger partial charge is 0.481 e. The predicted molar refractivity (Wildman–Crippen MR) is 94.0 cm³/mol. The second-order valence-electron chi connectivity index (χ2n) is 7.31. The maximum Gasteiger partial charge on any atom is 0.305 e. The molecule has 2 fully saturated rings. The van der Waals surface area contributed by atoms with Gasteiger partial charge in [-0.1, -0.05) is 0 Å². The van der Waals surface area contributed by atoms with Crippen molar-refractivity contribution >= 4 is 17.8 Å². The van der Waals surface area contributed by atoms with Crippen LogP contribution in [0.1, 0.15) is 44.9 Å². The first-order valence-electron chi connectivity index (χ1n) is 9.42. The molecule has 0 aliphatic carbocycles. The quantitative estimate of drug-likeness (QED) is 0.711. The van der Waals surface area contributed by atoms with E-state index in [1.54, 1.807) is 7.05 Å². The molecule has 0 unspecified atom stereocenters. The van der Waals surface area contributed by atoms with Gasteiger partial charge in [-0.25, -0.2) is 0 Å². The van der Waals surface area contributed by atoms with Crippen molar-refractivity contribution in [2.24, 2.45) is 11.8 Å². The van der Waals surface area contributed by atoms with Crippen LogP contribution in [-0.4, -0.2) is 72.5 Å². The van der Waals surface area contributed by atoms with Crippen LogP contribution in [0.4, 0.5) is 0 Å². The molecule has 2 rings (SSSR count). The number of nitrogens with one attached hydrogen (secondary N) is 1. The Kier molecular flexibility index (Phi) is 7.68. The summed E-state index contributed by atoms with van der Waals surface area (Å²) in [5.41, 5.74) is 0. The molecule has 2 saturated heterocycles. The van der Waals surface area contributed by atoms with E-state index in [0.717, 1.165) is 51.7 Å². The van der Waals surface area contributed by atoms with E-state index in [2.05, 4.69) is 5.32 Å². The van der Waals surface area contributed by atoms with Gasteiger partial charge in [0.2, 0.25) is 11.8 Å². The lowest BCUT2D eigenvalue weighted by Crippen LogP contribution is -2.46. The summed E-state index contributed by atoms with van der Waals surface area (Å²) < 4.78 is 0. The van der Waals surface area contributed by atoms with Crippen molar-refractivity contribution in [3.05, 3.63) is 0 Å². The molecule has 7 nitrogen and oxygen atoms in total. The number of piperidine rings is 2. The Bertz CT molecular complexity index is 477. The molecule has 0 aromatic heterocycles. The van der Waals surface area contributed by atoms with E-state index in [1.165, 1.54) is 4.90 Å². The van der Waals surface area contributed by atoms with Gasteiger partial charge in [0.25, 0.3) is 0 Å². The Morgan fingerprint density at radius 2 is 1.88 bits per heavy atom. The Balaban J connectivity index is 1.77. The Morgan fingerprint density at radius 1 is 1.16 bits per heavy atom. The molecule has 7 heteroatoms. The van der Waals surface area contributed by atoms with E-state index in [4.69, 9.17) is 5.11 Å². The van der Waals surface area contributed by atoms with Gasteiger partial charge in [-0.3, -0.25) is 14.4 Å². The Morgan fingerprint density at radius 3 is 2.56 bits per heavy atom. The molecule has 0 aromatic carbocycles. The van der Waals surface area contributed by atoms with Gasteiger partial charge in [-0.05, 0) is 51.1 Å². The normalized spacial score (nSPS) is 21.8. The second kappa shape index (κ2) is 9.75. The van der Waals surface area contributed by atoms with Crippen LogP contribution in [0, 0.1) is 11.8 Å². The minimum atomic E-state index is -0.905. The van der Waals surface area contributed by atoms with Crippen LogP contribution in [0.5, 0.6) is 0 Å². The van der Waals surface area contributed by atoms with Crippen molar-refractivity contribution in [1.82, 2.24) is 15.1 Å². The van der Waals surface area contributed by atoms with Crippen molar-refractivity contribution in [3.8, 4) is 0 Å². The first-order chi connectivity index (χ1) is 12.0. The van der Waals surface area contributed by atoms with Crippen LogP contribution < -0.4 is 5.32 Å². The smallest absolute Gasteiger partial charge is 0.305 e. The SMILES string of the molecule is CN(CCC(=O)O)C(=O)[C@@H]1CCCN(C(=O)CCC2CCNCC2)C1. The Labute approximate surface area is 149 Å². The second-order valence-corrected chi connectivity index (χ2v) is 7.31. The fourth-order valence-electron chi connectivity index (χ4n) is 3.75. The van der Waals surface area contributed by atoms with Crippen LogP contribution in [-0.2, 0) is 14.4 Å². The molecule has 25 heavy (non-hydrogen) atoms. The molecule has 0 bridgehead atoms. The van der Waals surface area contributed by atoms with Gasteiger partial charge < -0.3 is 20.2 Å². The fourth-order valence-corrected chi connectivity index (χ4v) is 3.75. The van der Waals surface area contributed by atoms with E-state index >= 15 is 0 Å². The van der Waals surface area contributed by atoms with Crippen molar-refractivity contribution in [2.45, 2.75) is 44.9 Å². The van der Waals surface area contributed by atoms with Gasteiger partial charge in [0.1, 0.15) is 0 Å². The van der Waals surface area contributed by atoms with E-state index in [-0.39, 0.29) is 30.7 Å². The Hall–Kier alpha value is -1.63. The maximum atomic E-state index is 12.5. The van der Waals surface area contributed by atoms with Gasteiger partial charge in [0.05, 0.1) is 12.3 Å². The van der Waals surface area contributed by atoms with Crippen molar-refractivity contribution in [3.63, 3.8) is 0 Å². The first kappa shape index (κ1) is 19.7. The minimum Gasteiger partial charge on any atom is -0.481 e. The van der Waals surface area contributed by atoms with Crippen LogP contribution in [0.3, 0.4) is 0 Å². The monoisotopic (exact) mass is 353 g/mol. The zero-order chi connectivity index (χ0) is 18.2. The van der Waals surface area contributed by atoms with Crippen LogP contribution in [0.15, 0.2) is 0 Å². The molecule has 1 atom stereocenters. The van der Waals surface area contributed by atoms with Gasteiger partial charge in [-0.2, -0.15) is 0 Å². The zero-order valence-corrected chi connectivity index (χ0v) is 15.2. The van der Waals surface area contributed by atoms with Crippen molar-refractivity contribution < 1.29 is 19.5 Å². The number of likely N-dealkylation sites (tertiary alicyclic amines) is 1. The molecule has 2 amide bonds. The molecule has 2 aliphatic rings. The number of rotatable bonds is 7. The summed E-state index contributed by atoms with van der Waals surface area (Å²) >= 11 is 0. The molecule has 0 radical (unpaired) electrons. The van der Waals surface area contributed by atoms with Crippen LogP contribution in [0.2, 0.25) is 0 Å². The number of carboxylic acid groups (broad SMARTS) is 1. The fraction of sp³-hybridized carbons (Fsp3) is 0.833. The molecule has 142 valence electrons. The lowest BCUT2D eigenvalue weighted by molar-refractivity contribution is -0.141. The number of carbonyl (C=O) groups is 3. The highest BCUT2D eigenvalue weighted by Crippen LogP contribution is 2.22. The molecule has 2 aliphatic heterocycles. The van der Waals surface area contributed by atoms with E-state index < -0.39 is 5.97 Å². The van der Waals surface area contributed by atoms with E-state index in [0.29, 0.717) is 18.9 Å². The predicted octanol–water partition coefficient (Wildman–Crippen LogP) is 0.938. The number of aliphatic carboxylic acids is 1. The van der Waals surface area contributed by atoms with Crippen molar-refractivity contribution in [2.75, 3.05) is 39.8 Å². The van der Waals surface area contributed by atoms with Crippen LogP contribution in [0.25, 0.3) is 0 Å². The topological polar surface area (TPSA) is 90.0 Å². The molecule has 2 heterocycles. The first-order valence-corrected chi connectivity index (χ1v) is 9.42. The summed E-state index contributed by atoms with van der Waals surface area (Å²) in [5, 5.41) is 12.1. The summed E-state index contributed by atoms with van der Waals surface area (Å²) in [5.74, 6) is -0.357. The van der Waals surface area contributed by atoms with Gasteiger partial charge in [0.15, 0.2) is 0 Å². The highest BCUT2D eigenvalue weighted by molar-refractivity contribution is 5.81. The lowest BCUT2D eigenvalue weighted by Gasteiger charge is -2.34. The summed E-state index contributed by atoms with van der Waals surface area (Å²) in [6.07, 6.45) is 5.35. The summed E-state index contributed by atoms with van der Waals surface area (Å²) in [7, 11) is 1.64. The molecular weight excluding hydrogens is 322 g/mol. The molecular formula is C18H31N3O4. The highest BCUT2D eigenvalue weighted by atomic mass is 16.4. The highest BCUT2D eigenvalue weighted by Gasteiger charge is 2.30. The number of hydrogen-bond acceptors (Lipinski definition) is 4. The minimum absolute atomic E-state index is 0.0443. The van der Waals surface area contributed by atoms with E-state index in [9.17, 15) is 14.4 Å². The number of carboxylic acids is 1.